The normalized spacial score (nSPS) is 19.1. The molecule has 3 amide bonds. The van der Waals surface area contributed by atoms with Gasteiger partial charge in [-0.2, -0.15) is 0 Å². The maximum atomic E-state index is 12.7. The Labute approximate surface area is 170 Å². The fourth-order valence-corrected chi connectivity index (χ4v) is 3.55. The maximum absolute atomic E-state index is 12.7. The summed E-state index contributed by atoms with van der Waals surface area (Å²) in [6, 6.07) is 4.76. The molecular weight excluding hydrogens is 376 g/mol. The lowest BCUT2D eigenvalue weighted by molar-refractivity contribution is -0.142. The molecule has 9 nitrogen and oxygen atoms in total. The van der Waals surface area contributed by atoms with Gasteiger partial charge in [0.15, 0.2) is 0 Å². The van der Waals surface area contributed by atoms with E-state index in [0.717, 1.165) is 12.8 Å². The fraction of sp³-hybridized carbons (Fsp3) is 0.550. The molecule has 1 aromatic rings. The monoisotopic (exact) mass is 404 g/mol. The molecule has 2 fully saturated rings. The molecule has 1 atom stereocenters. The summed E-state index contributed by atoms with van der Waals surface area (Å²) in [4.78, 5) is 42.2. The first-order chi connectivity index (χ1) is 13.9. The van der Waals surface area contributed by atoms with E-state index in [1.807, 2.05) is 19.0 Å². The number of urea groups is 1. The Balaban J connectivity index is 1.60. The highest BCUT2D eigenvalue weighted by Crippen LogP contribution is 2.27. The number of esters is 1. The Morgan fingerprint density at radius 3 is 2.41 bits per heavy atom. The number of piperazine rings is 1. The molecule has 2 heterocycles. The van der Waals surface area contributed by atoms with E-state index in [0.29, 0.717) is 49.7 Å². The van der Waals surface area contributed by atoms with E-state index in [4.69, 9.17) is 9.47 Å². The number of hydrogen-bond donors (Lipinski definition) is 1. The van der Waals surface area contributed by atoms with Crippen LogP contribution in [0.15, 0.2) is 18.2 Å². The lowest BCUT2D eigenvalue weighted by atomic mass is 10.1. The van der Waals surface area contributed by atoms with Gasteiger partial charge in [0.2, 0.25) is 0 Å². The van der Waals surface area contributed by atoms with Gasteiger partial charge in [-0.05, 0) is 31.0 Å². The second-order valence-corrected chi connectivity index (χ2v) is 7.36. The molecular formula is C20H28N4O5. The van der Waals surface area contributed by atoms with E-state index in [1.54, 1.807) is 28.0 Å². The number of anilines is 2. The van der Waals surface area contributed by atoms with Gasteiger partial charge < -0.3 is 29.5 Å². The molecule has 1 aromatic carbocycles. The molecule has 0 aromatic heterocycles. The molecule has 0 bridgehead atoms. The summed E-state index contributed by atoms with van der Waals surface area (Å²) in [5, 5.41) is 2.91. The highest BCUT2D eigenvalue weighted by molar-refractivity contribution is 5.97. The summed E-state index contributed by atoms with van der Waals surface area (Å²) >= 11 is 0. The predicted octanol–water partition coefficient (Wildman–Crippen LogP) is 1.39. The summed E-state index contributed by atoms with van der Waals surface area (Å²) in [7, 11) is 5.00. The fourth-order valence-electron chi connectivity index (χ4n) is 3.55. The van der Waals surface area contributed by atoms with Crippen LogP contribution < -0.4 is 10.2 Å². The zero-order chi connectivity index (χ0) is 21.0. The van der Waals surface area contributed by atoms with E-state index >= 15 is 0 Å². The number of methoxy groups -OCH3 is 1. The molecule has 0 radical (unpaired) electrons. The van der Waals surface area contributed by atoms with Gasteiger partial charge in [-0.25, -0.2) is 9.59 Å². The molecule has 0 aliphatic carbocycles. The largest absolute Gasteiger partial charge is 0.465 e. The molecule has 3 rings (SSSR count). The maximum Gasteiger partial charge on any atom is 0.337 e. The van der Waals surface area contributed by atoms with Crippen molar-refractivity contribution in [2.45, 2.75) is 18.9 Å². The number of rotatable bonds is 4. The van der Waals surface area contributed by atoms with E-state index in [9.17, 15) is 14.4 Å². The number of amides is 3. The van der Waals surface area contributed by atoms with Gasteiger partial charge in [0.05, 0.1) is 24.0 Å². The molecule has 2 aliphatic rings. The third-order valence-corrected chi connectivity index (χ3v) is 5.23. The average Bonchev–Trinajstić information content (AvgIpc) is 3.27. The van der Waals surface area contributed by atoms with Crippen molar-refractivity contribution in [3.63, 3.8) is 0 Å². The van der Waals surface area contributed by atoms with E-state index in [-0.39, 0.29) is 18.0 Å². The third kappa shape index (κ3) is 4.79. The van der Waals surface area contributed by atoms with Crippen molar-refractivity contribution < 1.29 is 23.9 Å². The Bertz CT molecular complexity index is 768. The SMILES string of the molecule is COC(=O)c1ccc(NC(=O)N2CCN(C(=O)C3CCCO3)CC2)c(N(C)C)c1. The smallest absolute Gasteiger partial charge is 0.337 e. The third-order valence-electron chi connectivity index (χ3n) is 5.23. The van der Waals surface area contributed by atoms with Crippen LogP contribution >= 0.6 is 0 Å². The number of carbonyl (C=O) groups excluding carboxylic acids is 3. The number of carbonyl (C=O) groups is 3. The summed E-state index contributed by atoms with van der Waals surface area (Å²) in [6.45, 7) is 2.55. The first-order valence-corrected chi connectivity index (χ1v) is 9.76. The molecule has 2 saturated heterocycles. The highest BCUT2D eigenvalue weighted by atomic mass is 16.5. The number of nitrogens with one attached hydrogen (secondary N) is 1. The quantitative estimate of drug-likeness (QED) is 0.763. The van der Waals surface area contributed by atoms with Gasteiger partial charge in [-0.1, -0.05) is 0 Å². The van der Waals surface area contributed by atoms with Crippen molar-refractivity contribution in [1.29, 1.82) is 0 Å². The number of nitrogens with zero attached hydrogens (tertiary/aromatic N) is 3. The van der Waals surface area contributed by atoms with E-state index < -0.39 is 5.97 Å². The average molecular weight is 404 g/mol. The van der Waals surface area contributed by atoms with Gasteiger partial charge in [-0.3, -0.25) is 4.79 Å². The van der Waals surface area contributed by atoms with Crippen LogP contribution in [0.3, 0.4) is 0 Å². The van der Waals surface area contributed by atoms with Gasteiger partial charge >= 0.3 is 12.0 Å². The minimum Gasteiger partial charge on any atom is -0.465 e. The van der Waals surface area contributed by atoms with Crippen LogP contribution in [0, 0.1) is 0 Å². The van der Waals surface area contributed by atoms with E-state index in [1.165, 1.54) is 7.11 Å². The van der Waals surface area contributed by atoms with Gasteiger partial charge in [0.25, 0.3) is 5.91 Å². The molecule has 1 unspecified atom stereocenters. The minimum absolute atomic E-state index is 0.0239. The van der Waals surface area contributed by atoms with Crippen LogP contribution in [0.4, 0.5) is 16.2 Å². The molecule has 2 aliphatic heterocycles. The van der Waals surface area contributed by atoms with Crippen LogP contribution in [0.2, 0.25) is 0 Å². The Hall–Kier alpha value is -2.81. The van der Waals surface area contributed by atoms with Crippen LogP contribution in [0.25, 0.3) is 0 Å². The second kappa shape index (κ2) is 9.13. The summed E-state index contributed by atoms with van der Waals surface area (Å²) in [6.07, 6.45) is 1.36. The Morgan fingerprint density at radius 2 is 1.83 bits per heavy atom. The standard InChI is InChI=1S/C20H28N4O5/c1-22(2)16-13-14(19(26)28-3)6-7-15(16)21-20(27)24-10-8-23(9-11-24)18(25)17-5-4-12-29-17/h6-7,13,17H,4-5,8-12H2,1-3H3,(H,21,27). The van der Waals surface area contributed by atoms with Crippen LogP contribution in [-0.4, -0.2) is 87.8 Å². The number of benzene rings is 1. The van der Waals surface area contributed by atoms with Crippen LogP contribution in [0.5, 0.6) is 0 Å². The summed E-state index contributed by atoms with van der Waals surface area (Å²) < 4.78 is 10.2. The molecule has 158 valence electrons. The van der Waals surface area contributed by atoms with Crippen LogP contribution in [-0.2, 0) is 14.3 Å². The number of hydrogen-bond acceptors (Lipinski definition) is 6. The van der Waals surface area contributed by atoms with Gasteiger partial charge in [-0.15, -0.1) is 0 Å². The Morgan fingerprint density at radius 1 is 1.14 bits per heavy atom. The summed E-state index contributed by atoms with van der Waals surface area (Å²) in [5.74, 6) is -0.408. The lowest BCUT2D eigenvalue weighted by Crippen LogP contribution is -2.53. The molecule has 1 N–H and O–H groups in total. The van der Waals surface area contributed by atoms with E-state index in [2.05, 4.69) is 5.32 Å². The van der Waals surface area contributed by atoms with Gasteiger partial charge in [0.1, 0.15) is 6.10 Å². The predicted molar refractivity (Wildman–Crippen MR) is 108 cm³/mol. The molecule has 29 heavy (non-hydrogen) atoms. The zero-order valence-electron chi connectivity index (χ0n) is 17.1. The van der Waals surface area contributed by atoms with Crippen molar-refractivity contribution in [1.82, 2.24) is 9.80 Å². The minimum atomic E-state index is -0.432. The second-order valence-electron chi connectivity index (χ2n) is 7.36. The first kappa shape index (κ1) is 20.9. The van der Waals surface area contributed by atoms with Gasteiger partial charge in [0, 0.05) is 46.9 Å². The summed E-state index contributed by atoms with van der Waals surface area (Å²) in [5.41, 5.74) is 1.72. The number of ether oxygens (including phenoxy) is 2. The van der Waals surface area contributed by atoms with Crippen molar-refractivity contribution >= 4 is 29.3 Å². The topological polar surface area (TPSA) is 91.4 Å². The zero-order valence-corrected chi connectivity index (χ0v) is 17.1. The van der Waals surface area contributed by atoms with Crippen molar-refractivity contribution in [2.24, 2.45) is 0 Å². The molecule has 0 spiro atoms. The molecule has 9 heteroatoms. The van der Waals surface area contributed by atoms with Crippen molar-refractivity contribution in [3.05, 3.63) is 23.8 Å². The van der Waals surface area contributed by atoms with Crippen LogP contribution in [0.1, 0.15) is 23.2 Å². The Kier molecular flexibility index (Phi) is 6.58. The first-order valence-electron chi connectivity index (χ1n) is 9.76. The molecule has 0 saturated carbocycles. The lowest BCUT2D eigenvalue weighted by Gasteiger charge is -2.35. The van der Waals surface area contributed by atoms with Crippen molar-refractivity contribution in [2.75, 3.05) is 64.2 Å². The highest BCUT2D eigenvalue weighted by Gasteiger charge is 2.31. The van der Waals surface area contributed by atoms with Crippen molar-refractivity contribution in [3.8, 4) is 0 Å².